The predicted molar refractivity (Wildman–Crippen MR) is 211 cm³/mol. The third kappa shape index (κ3) is 7.75. The molecule has 0 radical (unpaired) electrons. The third-order valence-corrected chi connectivity index (χ3v) is 11.7. The van der Waals surface area contributed by atoms with Gasteiger partial charge in [0.2, 0.25) is 0 Å². The van der Waals surface area contributed by atoms with Crippen LogP contribution >= 0.6 is 0 Å². The monoisotopic (exact) mass is 678 g/mol. The average Bonchev–Trinajstić information content (AvgIpc) is 3.15. The molecule has 0 aromatic heterocycles. The van der Waals surface area contributed by atoms with Gasteiger partial charge in [0.1, 0.15) is 0 Å². The zero-order valence-corrected chi connectivity index (χ0v) is 30.7. The average molecular weight is 679 g/mol. The summed E-state index contributed by atoms with van der Waals surface area (Å²) >= 11 is 0. The van der Waals surface area contributed by atoms with Crippen LogP contribution in [0.2, 0.25) is 0 Å². The van der Waals surface area contributed by atoms with Crippen LogP contribution in [0.1, 0.15) is 31.9 Å². The SMILES string of the molecule is CCO[Si](OCC)(OCC)c1ccc(N(c2ccc(C)cc2)c2ccc(-c3ccc(N(c4ccccc4)c4ccc(C)cc4)cc3)cc2)cc1. The van der Waals surface area contributed by atoms with E-state index in [4.69, 9.17) is 13.3 Å². The van der Waals surface area contributed by atoms with E-state index in [1.807, 2.05) is 20.8 Å². The van der Waals surface area contributed by atoms with Crippen molar-refractivity contribution in [2.75, 3.05) is 29.6 Å². The Hall–Kier alpha value is -4.98. The van der Waals surface area contributed by atoms with E-state index in [1.54, 1.807) is 0 Å². The summed E-state index contributed by atoms with van der Waals surface area (Å²) in [6.07, 6.45) is 0. The van der Waals surface area contributed by atoms with Gasteiger partial charge in [0.05, 0.1) is 0 Å². The molecule has 5 nitrogen and oxygen atoms in total. The number of benzene rings is 6. The van der Waals surface area contributed by atoms with E-state index in [0.717, 1.165) is 50.4 Å². The molecule has 6 rings (SSSR count). The summed E-state index contributed by atoms with van der Waals surface area (Å²) in [4.78, 5) is 4.57. The summed E-state index contributed by atoms with van der Waals surface area (Å²) in [6.45, 7) is 11.8. The second-order valence-corrected chi connectivity index (χ2v) is 14.7. The van der Waals surface area contributed by atoms with E-state index in [9.17, 15) is 0 Å². The summed E-state index contributed by atoms with van der Waals surface area (Å²) in [5.41, 5.74) is 11.3. The molecule has 0 aliphatic carbocycles. The fourth-order valence-electron chi connectivity index (χ4n) is 6.22. The smallest absolute Gasteiger partial charge is 0.370 e. The van der Waals surface area contributed by atoms with Crippen LogP contribution in [-0.2, 0) is 13.3 Å². The van der Waals surface area contributed by atoms with Crippen LogP contribution in [0.3, 0.4) is 0 Å². The van der Waals surface area contributed by atoms with Crippen LogP contribution in [0, 0.1) is 13.8 Å². The zero-order valence-electron chi connectivity index (χ0n) is 29.7. The van der Waals surface area contributed by atoms with Gasteiger partial charge in [0, 0.05) is 59.1 Å². The Kier molecular flexibility index (Phi) is 11.3. The Balaban J connectivity index is 1.31. The molecule has 0 unspecified atom stereocenters. The molecule has 0 saturated carbocycles. The standard InChI is InChI=1S/C44H46N2O3Si/c1-6-47-50(48-7-2,49-8-3)44-32-30-43(31-33-44)46(40-24-16-35(5)17-25-40)42-28-20-37(21-29-42)36-18-26-41(27-19-36)45(38-12-10-9-11-13-38)39-22-14-34(4)15-23-39/h9-33H,6-8H2,1-5H3. The van der Waals surface area contributed by atoms with Crippen LogP contribution < -0.4 is 15.0 Å². The molecule has 0 bridgehead atoms. The van der Waals surface area contributed by atoms with Crippen LogP contribution in [0.5, 0.6) is 0 Å². The number of hydrogen-bond acceptors (Lipinski definition) is 5. The number of nitrogens with zero attached hydrogens (tertiary/aromatic N) is 2. The predicted octanol–water partition coefficient (Wildman–Crippen LogP) is 11.2. The molecule has 0 atom stereocenters. The first-order valence-corrected chi connectivity index (χ1v) is 19.2. The lowest BCUT2D eigenvalue weighted by Gasteiger charge is -2.30. The maximum atomic E-state index is 6.18. The van der Waals surface area contributed by atoms with Crippen molar-refractivity contribution in [1.82, 2.24) is 0 Å². The summed E-state index contributed by atoms with van der Waals surface area (Å²) in [5, 5.41) is 0.961. The number of anilines is 6. The first kappa shape index (κ1) is 34.9. The maximum absolute atomic E-state index is 6.18. The molecule has 0 amide bonds. The van der Waals surface area contributed by atoms with Crippen molar-refractivity contribution in [3.63, 3.8) is 0 Å². The quantitative estimate of drug-likeness (QED) is 0.107. The van der Waals surface area contributed by atoms with Crippen LogP contribution in [0.4, 0.5) is 34.1 Å². The molecule has 6 aromatic rings. The molecular formula is C44H46N2O3Si. The Bertz CT molecular complexity index is 1910. The summed E-state index contributed by atoms with van der Waals surface area (Å²) < 4.78 is 18.5. The molecule has 0 spiro atoms. The van der Waals surface area contributed by atoms with Gasteiger partial charge in [-0.1, -0.05) is 90.0 Å². The molecule has 0 N–H and O–H groups in total. The van der Waals surface area contributed by atoms with E-state index in [2.05, 4.69) is 175 Å². The van der Waals surface area contributed by atoms with Crippen molar-refractivity contribution in [1.29, 1.82) is 0 Å². The van der Waals surface area contributed by atoms with Gasteiger partial charge in [-0.05, 0) is 119 Å². The van der Waals surface area contributed by atoms with Crippen molar-refractivity contribution >= 4 is 48.1 Å². The Morgan fingerprint density at radius 1 is 0.380 bits per heavy atom. The fourth-order valence-corrected chi connectivity index (χ4v) is 8.69. The second kappa shape index (κ2) is 16.2. The first-order valence-electron chi connectivity index (χ1n) is 17.5. The Morgan fingerprint density at radius 2 is 0.680 bits per heavy atom. The van der Waals surface area contributed by atoms with Crippen LogP contribution in [0.25, 0.3) is 11.1 Å². The highest BCUT2D eigenvalue weighted by Gasteiger charge is 2.43. The zero-order chi connectivity index (χ0) is 34.9. The molecule has 0 heterocycles. The summed E-state index contributed by atoms with van der Waals surface area (Å²) in [7, 11) is -3.01. The van der Waals surface area contributed by atoms with Crippen molar-refractivity contribution in [2.45, 2.75) is 34.6 Å². The summed E-state index contributed by atoms with van der Waals surface area (Å²) in [6, 6.07) is 53.9. The highest BCUT2D eigenvalue weighted by Crippen LogP contribution is 2.38. The maximum Gasteiger partial charge on any atom is 0.537 e. The minimum absolute atomic E-state index is 0.524. The van der Waals surface area contributed by atoms with E-state index < -0.39 is 8.80 Å². The molecular weight excluding hydrogens is 633 g/mol. The fraction of sp³-hybridized carbons (Fsp3) is 0.182. The molecule has 0 aliphatic rings. The minimum Gasteiger partial charge on any atom is -0.370 e. The van der Waals surface area contributed by atoms with Crippen molar-refractivity contribution in [3.8, 4) is 11.1 Å². The van der Waals surface area contributed by atoms with Gasteiger partial charge in [-0.2, -0.15) is 0 Å². The van der Waals surface area contributed by atoms with Crippen molar-refractivity contribution in [2.24, 2.45) is 0 Å². The van der Waals surface area contributed by atoms with Gasteiger partial charge in [0.15, 0.2) is 0 Å². The number of hydrogen-bond donors (Lipinski definition) is 0. The van der Waals surface area contributed by atoms with Gasteiger partial charge < -0.3 is 23.1 Å². The lowest BCUT2D eigenvalue weighted by molar-refractivity contribution is 0.0859. The van der Waals surface area contributed by atoms with E-state index in [0.29, 0.717) is 19.8 Å². The highest BCUT2D eigenvalue weighted by molar-refractivity contribution is 6.75. The van der Waals surface area contributed by atoms with Gasteiger partial charge >= 0.3 is 8.80 Å². The Labute approximate surface area is 298 Å². The normalized spacial score (nSPS) is 11.4. The molecule has 50 heavy (non-hydrogen) atoms. The second-order valence-electron chi connectivity index (χ2n) is 12.2. The van der Waals surface area contributed by atoms with E-state index in [1.165, 1.54) is 11.1 Å². The van der Waals surface area contributed by atoms with Gasteiger partial charge in [-0.3, -0.25) is 0 Å². The van der Waals surface area contributed by atoms with Gasteiger partial charge in [0.25, 0.3) is 0 Å². The highest BCUT2D eigenvalue weighted by atomic mass is 28.4. The number of para-hydroxylation sites is 1. The molecule has 0 fully saturated rings. The van der Waals surface area contributed by atoms with Crippen LogP contribution in [-0.4, -0.2) is 28.6 Å². The number of aryl methyl sites for hydroxylation is 2. The summed E-state index contributed by atoms with van der Waals surface area (Å²) in [5.74, 6) is 0. The molecule has 254 valence electrons. The lowest BCUT2D eigenvalue weighted by Crippen LogP contribution is -2.56. The molecule has 6 aromatic carbocycles. The van der Waals surface area contributed by atoms with Crippen molar-refractivity contribution < 1.29 is 13.3 Å². The van der Waals surface area contributed by atoms with Crippen LogP contribution in [0.15, 0.2) is 152 Å². The number of rotatable bonds is 14. The molecule has 6 heteroatoms. The topological polar surface area (TPSA) is 34.2 Å². The molecule has 0 saturated heterocycles. The van der Waals surface area contributed by atoms with E-state index >= 15 is 0 Å². The minimum atomic E-state index is -3.01. The van der Waals surface area contributed by atoms with E-state index in [-0.39, 0.29) is 0 Å². The molecule has 0 aliphatic heterocycles. The first-order chi connectivity index (χ1) is 24.4. The van der Waals surface area contributed by atoms with Gasteiger partial charge in [-0.25, -0.2) is 0 Å². The Morgan fingerprint density at radius 3 is 1.02 bits per heavy atom. The largest absolute Gasteiger partial charge is 0.537 e. The van der Waals surface area contributed by atoms with Gasteiger partial charge in [-0.15, -0.1) is 0 Å². The lowest BCUT2D eigenvalue weighted by atomic mass is 10.0. The third-order valence-electron chi connectivity index (χ3n) is 8.67. The van der Waals surface area contributed by atoms with Crippen molar-refractivity contribution in [3.05, 3.63) is 163 Å².